The number of aromatic nitrogens is 2. The molecule has 9 heteroatoms. The summed E-state index contributed by atoms with van der Waals surface area (Å²) in [5.41, 5.74) is 1.15. The van der Waals surface area contributed by atoms with Gasteiger partial charge in [-0.3, -0.25) is 9.67 Å². The van der Waals surface area contributed by atoms with Gasteiger partial charge >= 0.3 is 0 Å². The van der Waals surface area contributed by atoms with E-state index >= 15 is 0 Å². The highest BCUT2D eigenvalue weighted by atomic mass is 35.5. The van der Waals surface area contributed by atoms with E-state index < -0.39 is 6.10 Å². The van der Waals surface area contributed by atoms with Gasteiger partial charge in [0.2, 0.25) is 0 Å². The summed E-state index contributed by atoms with van der Waals surface area (Å²) in [6.45, 7) is 2.32. The van der Waals surface area contributed by atoms with Crippen LogP contribution in [0.4, 0.5) is 5.69 Å². The fourth-order valence-electron chi connectivity index (χ4n) is 3.09. The summed E-state index contributed by atoms with van der Waals surface area (Å²) >= 11 is 7.32. The highest BCUT2D eigenvalue weighted by Crippen LogP contribution is 2.26. The molecule has 0 saturated carbocycles. The minimum atomic E-state index is -0.607. The van der Waals surface area contributed by atoms with Crippen LogP contribution < -0.4 is 15.5 Å². The van der Waals surface area contributed by atoms with E-state index in [9.17, 15) is 5.11 Å². The third-order valence-corrected chi connectivity index (χ3v) is 5.76. The third-order valence-electron chi connectivity index (χ3n) is 4.43. The number of nitrogens with zero attached hydrogens (tertiary/aromatic N) is 4. The molecule has 2 aromatic rings. The van der Waals surface area contributed by atoms with Crippen LogP contribution in [0.5, 0.6) is 0 Å². The predicted molar refractivity (Wildman–Crippen MR) is 107 cm³/mol. The second-order valence-corrected chi connectivity index (χ2v) is 8.16. The van der Waals surface area contributed by atoms with Crippen LogP contribution in [0.25, 0.3) is 0 Å². The lowest BCUT2D eigenvalue weighted by atomic mass is 10.1. The summed E-state index contributed by atoms with van der Waals surface area (Å²) in [5.74, 6) is 0.699. The lowest BCUT2D eigenvalue weighted by Gasteiger charge is -2.34. The summed E-state index contributed by atoms with van der Waals surface area (Å²) in [5, 5.41) is 21.2. The highest BCUT2D eigenvalue weighted by molar-refractivity contribution is 7.16. The Bertz CT molecular complexity index is 745. The molecule has 26 heavy (non-hydrogen) atoms. The third kappa shape index (κ3) is 4.90. The number of aryl methyl sites for hydroxylation is 1. The number of anilines is 1. The van der Waals surface area contributed by atoms with E-state index in [1.165, 1.54) is 11.3 Å². The number of nitrogens with one attached hydrogen (secondary N) is 2. The van der Waals surface area contributed by atoms with Crippen molar-refractivity contribution in [1.29, 1.82) is 0 Å². The zero-order valence-corrected chi connectivity index (χ0v) is 16.6. The van der Waals surface area contributed by atoms with Gasteiger partial charge in [-0.2, -0.15) is 5.10 Å². The predicted octanol–water partition coefficient (Wildman–Crippen LogP) is 2.00. The zero-order valence-electron chi connectivity index (χ0n) is 15.0. The summed E-state index contributed by atoms with van der Waals surface area (Å²) < 4.78 is 2.50. The van der Waals surface area contributed by atoms with Crippen molar-refractivity contribution in [1.82, 2.24) is 20.4 Å². The Labute approximate surface area is 162 Å². The molecule has 0 radical (unpaired) electrons. The topological polar surface area (TPSA) is 77.7 Å². The number of aliphatic imine (C=N–C) groups is 1. The number of guanidine groups is 1. The summed E-state index contributed by atoms with van der Waals surface area (Å²) in [4.78, 5) is 7.46. The molecule has 3 N–H and O–H groups in total. The molecule has 0 amide bonds. The Kier molecular flexibility index (Phi) is 6.39. The molecule has 2 aromatic heterocycles. The van der Waals surface area contributed by atoms with Crippen LogP contribution in [0.3, 0.4) is 0 Å². The number of rotatable bonds is 5. The maximum atomic E-state index is 10.3. The van der Waals surface area contributed by atoms with Gasteiger partial charge in [-0.1, -0.05) is 11.6 Å². The molecule has 142 valence electrons. The van der Waals surface area contributed by atoms with Gasteiger partial charge in [0.15, 0.2) is 5.96 Å². The first-order valence-corrected chi connectivity index (χ1v) is 9.88. The molecule has 2 atom stereocenters. The van der Waals surface area contributed by atoms with Gasteiger partial charge in [0.05, 0.1) is 16.2 Å². The number of hydrogen-bond acceptors (Lipinski definition) is 5. The van der Waals surface area contributed by atoms with Crippen molar-refractivity contribution in [2.24, 2.45) is 12.0 Å². The lowest BCUT2D eigenvalue weighted by Crippen LogP contribution is -2.51. The number of piperidine rings is 1. The van der Waals surface area contributed by atoms with E-state index in [0.717, 1.165) is 36.5 Å². The van der Waals surface area contributed by atoms with Gasteiger partial charge < -0.3 is 20.6 Å². The molecular weight excluding hydrogens is 372 g/mol. The number of thiophene rings is 1. The molecule has 1 aliphatic heterocycles. The molecule has 7 nitrogen and oxygen atoms in total. The van der Waals surface area contributed by atoms with Gasteiger partial charge in [-0.05, 0) is 25.0 Å². The van der Waals surface area contributed by atoms with Gasteiger partial charge in [-0.15, -0.1) is 11.3 Å². The molecule has 0 spiro atoms. The fourth-order valence-corrected chi connectivity index (χ4v) is 4.14. The molecule has 0 bridgehead atoms. The Balaban J connectivity index is 1.51. The van der Waals surface area contributed by atoms with Gasteiger partial charge in [0.1, 0.15) is 6.10 Å². The molecule has 0 aromatic carbocycles. The molecule has 1 fully saturated rings. The molecule has 1 saturated heterocycles. The van der Waals surface area contributed by atoms with Crippen LogP contribution in [0.2, 0.25) is 4.34 Å². The minimum Gasteiger partial charge on any atom is -0.386 e. The fraction of sp³-hybridized carbons (Fsp3) is 0.529. The Hall–Kier alpha value is -1.77. The second kappa shape index (κ2) is 8.75. The second-order valence-electron chi connectivity index (χ2n) is 6.41. The van der Waals surface area contributed by atoms with Crippen LogP contribution in [0.15, 0.2) is 29.5 Å². The zero-order chi connectivity index (χ0) is 18.5. The van der Waals surface area contributed by atoms with Gasteiger partial charge in [-0.25, -0.2) is 0 Å². The van der Waals surface area contributed by atoms with Crippen molar-refractivity contribution in [3.63, 3.8) is 0 Å². The first-order valence-electron chi connectivity index (χ1n) is 8.69. The SMILES string of the molecule is CN=C(NCC(O)c1ccc(Cl)s1)NC1CCCN(c2cnn(C)c2)C1. The Morgan fingerprint density at radius 1 is 1.54 bits per heavy atom. The highest BCUT2D eigenvalue weighted by Gasteiger charge is 2.22. The first-order chi connectivity index (χ1) is 12.5. The Morgan fingerprint density at radius 3 is 3.04 bits per heavy atom. The normalized spacial score (nSPS) is 19.5. The van der Waals surface area contributed by atoms with Crippen molar-refractivity contribution >= 4 is 34.6 Å². The number of halogens is 1. The van der Waals surface area contributed by atoms with E-state index in [4.69, 9.17) is 11.6 Å². The summed E-state index contributed by atoms with van der Waals surface area (Å²) in [6, 6.07) is 3.94. The van der Waals surface area contributed by atoms with Crippen molar-refractivity contribution in [2.75, 3.05) is 31.6 Å². The summed E-state index contributed by atoms with van der Waals surface area (Å²) in [7, 11) is 3.67. The Morgan fingerprint density at radius 2 is 2.38 bits per heavy atom. The summed E-state index contributed by atoms with van der Waals surface area (Å²) in [6.07, 6.45) is 5.53. The quantitative estimate of drug-likeness (QED) is 0.532. The smallest absolute Gasteiger partial charge is 0.191 e. The van der Waals surface area contributed by atoms with Gasteiger partial charge in [0.25, 0.3) is 0 Å². The van der Waals surface area contributed by atoms with Crippen LogP contribution in [-0.4, -0.2) is 53.6 Å². The van der Waals surface area contributed by atoms with Crippen molar-refractivity contribution in [2.45, 2.75) is 25.0 Å². The standard InChI is InChI=1S/C17H25ClN6OS/c1-19-17(20-9-14(25)15-5-6-16(18)26-15)22-12-4-3-7-24(10-12)13-8-21-23(2)11-13/h5-6,8,11-12,14,25H,3-4,7,9-10H2,1-2H3,(H2,19,20,22). The lowest BCUT2D eigenvalue weighted by molar-refractivity contribution is 0.184. The number of aliphatic hydroxyl groups is 1. The van der Waals surface area contributed by atoms with Crippen LogP contribution in [-0.2, 0) is 7.05 Å². The number of aliphatic hydroxyl groups excluding tert-OH is 1. The van der Waals surface area contributed by atoms with Crippen molar-refractivity contribution in [3.05, 3.63) is 33.7 Å². The van der Waals surface area contributed by atoms with Crippen molar-refractivity contribution < 1.29 is 5.11 Å². The van der Waals surface area contributed by atoms with Crippen LogP contribution in [0.1, 0.15) is 23.8 Å². The molecule has 1 aliphatic rings. The van der Waals surface area contributed by atoms with E-state index in [2.05, 4.69) is 25.6 Å². The van der Waals surface area contributed by atoms with Crippen molar-refractivity contribution in [3.8, 4) is 0 Å². The van der Waals surface area contributed by atoms with Gasteiger partial charge in [0, 0.05) is 50.8 Å². The maximum absolute atomic E-state index is 10.3. The van der Waals surface area contributed by atoms with Crippen LogP contribution in [0, 0.1) is 0 Å². The molecule has 3 rings (SSSR count). The van der Waals surface area contributed by atoms with E-state index in [0.29, 0.717) is 22.9 Å². The maximum Gasteiger partial charge on any atom is 0.191 e. The first kappa shape index (κ1) is 19.0. The molecule has 0 aliphatic carbocycles. The minimum absolute atomic E-state index is 0.295. The average Bonchev–Trinajstić information content (AvgIpc) is 3.27. The van der Waals surface area contributed by atoms with E-state index in [1.807, 2.05) is 30.2 Å². The number of hydrogen-bond donors (Lipinski definition) is 3. The van der Waals surface area contributed by atoms with E-state index in [1.54, 1.807) is 13.1 Å². The van der Waals surface area contributed by atoms with E-state index in [-0.39, 0.29) is 0 Å². The average molecular weight is 397 g/mol. The van der Waals surface area contributed by atoms with Crippen LogP contribution >= 0.6 is 22.9 Å². The molecule has 3 heterocycles. The molecule has 2 unspecified atom stereocenters. The monoisotopic (exact) mass is 396 g/mol. The molecular formula is C17H25ClN6OS. The largest absolute Gasteiger partial charge is 0.386 e.